The lowest BCUT2D eigenvalue weighted by Gasteiger charge is -2.08. The van der Waals surface area contributed by atoms with Gasteiger partial charge in [0, 0.05) is 11.6 Å². The van der Waals surface area contributed by atoms with E-state index in [9.17, 15) is 18.3 Å². The standard InChI is InChI=1S/C22H16F3NO/c23-22(24,25)21-9-7-15(13-26-21)5-4-14-6-8-16-11-17-2-1-3-20(27)19(17)12-18(16)10-14/h1-3,6-13,27H,4-5H2. The molecular formula is C22H16F3NO. The van der Waals surface area contributed by atoms with Crippen molar-refractivity contribution in [1.82, 2.24) is 4.98 Å². The molecule has 4 aromatic rings. The zero-order valence-corrected chi connectivity index (χ0v) is 14.3. The van der Waals surface area contributed by atoms with E-state index in [0.717, 1.165) is 38.7 Å². The Labute approximate surface area is 153 Å². The van der Waals surface area contributed by atoms with Crippen LogP contribution in [-0.2, 0) is 19.0 Å². The lowest BCUT2D eigenvalue weighted by molar-refractivity contribution is -0.141. The minimum atomic E-state index is -4.41. The average Bonchev–Trinajstić information content (AvgIpc) is 2.65. The third-order valence-corrected chi connectivity index (χ3v) is 4.70. The summed E-state index contributed by atoms with van der Waals surface area (Å²) >= 11 is 0. The van der Waals surface area contributed by atoms with Crippen molar-refractivity contribution in [2.45, 2.75) is 19.0 Å². The van der Waals surface area contributed by atoms with Crippen LogP contribution in [0.25, 0.3) is 21.5 Å². The van der Waals surface area contributed by atoms with E-state index in [1.807, 2.05) is 36.4 Å². The van der Waals surface area contributed by atoms with Crippen molar-refractivity contribution in [3.63, 3.8) is 0 Å². The van der Waals surface area contributed by atoms with E-state index in [-0.39, 0.29) is 5.75 Å². The Morgan fingerprint density at radius 3 is 2.30 bits per heavy atom. The van der Waals surface area contributed by atoms with Crippen molar-refractivity contribution in [2.24, 2.45) is 0 Å². The second-order valence-electron chi connectivity index (χ2n) is 6.58. The number of rotatable bonds is 3. The van der Waals surface area contributed by atoms with Crippen molar-refractivity contribution >= 4 is 21.5 Å². The normalized spacial score (nSPS) is 12.0. The molecular weight excluding hydrogens is 351 g/mol. The molecule has 1 aromatic heterocycles. The molecule has 0 fully saturated rings. The number of phenols is 1. The third kappa shape index (κ3) is 3.58. The van der Waals surface area contributed by atoms with Crippen molar-refractivity contribution in [3.8, 4) is 5.75 Å². The molecule has 0 aliphatic heterocycles. The Kier molecular flexibility index (Phi) is 4.22. The largest absolute Gasteiger partial charge is 0.507 e. The first kappa shape index (κ1) is 17.3. The molecule has 0 aliphatic rings. The van der Waals surface area contributed by atoms with E-state index in [0.29, 0.717) is 12.8 Å². The molecule has 0 atom stereocenters. The maximum Gasteiger partial charge on any atom is 0.433 e. The lowest BCUT2D eigenvalue weighted by atomic mass is 9.98. The van der Waals surface area contributed by atoms with E-state index in [4.69, 9.17) is 0 Å². The van der Waals surface area contributed by atoms with Gasteiger partial charge in [0.1, 0.15) is 11.4 Å². The number of pyridine rings is 1. The van der Waals surface area contributed by atoms with Gasteiger partial charge in [0.25, 0.3) is 0 Å². The van der Waals surface area contributed by atoms with E-state index in [1.54, 1.807) is 6.07 Å². The Bertz CT molecular complexity index is 1120. The summed E-state index contributed by atoms with van der Waals surface area (Å²) in [5.74, 6) is 0.246. The Balaban J connectivity index is 1.57. The van der Waals surface area contributed by atoms with Crippen LogP contribution in [0.5, 0.6) is 5.75 Å². The first-order valence-corrected chi connectivity index (χ1v) is 8.57. The van der Waals surface area contributed by atoms with E-state index < -0.39 is 11.9 Å². The molecule has 27 heavy (non-hydrogen) atoms. The molecule has 2 nitrogen and oxygen atoms in total. The first-order chi connectivity index (χ1) is 12.9. The second kappa shape index (κ2) is 6.58. The first-order valence-electron chi connectivity index (χ1n) is 8.57. The SMILES string of the molecule is Oc1cccc2cc3ccc(CCc4ccc(C(F)(F)F)nc4)cc3cc12. The molecule has 0 saturated heterocycles. The number of halogens is 3. The maximum absolute atomic E-state index is 12.6. The molecule has 136 valence electrons. The Morgan fingerprint density at radius 2 is 1.56 bits per heavy atom. The van der Waals surface area contributed by atoms with Crippen molar-refractivity contribution in [3.05, 3.63) is 83.7 Å². The zero-order valence-electron chi connectivity index (χ0n) is 14.3. The highest BCUT2D eigenvalue weighted by atomic mass is 19.4. The van der Waals surface area contributed by atoms with Crippen LogP contribution in [0.2, 0.25) is 0 Å². The van der Waals surface area contributed by atoms with Crippen LogP contribution in [0.3, 0.4) is 0 Å². The molecule has 0 aliphatic carbocycles. The number of aromatic hydroxyl groups is 1. The molecule has 0 saturated carbocycles. The van der Waals surface area contributed by atoms with Crippen LogP contribution >= 0.6 is 0 Å². The maximum atomic E-state index is 12.6. The highest BCUT2D eigenvalue weighted by molar-refractivity contribution is 6.00. The van der Waals surface area contributed by atoms with Gasteiger partial charge in [-0.25, -0.2) is 0 Å². The van der Waals surface area contributed by atoms with Crippen molar-refractivity contribution in [1.29, 1.82) is 0 Å². The summed E-state index contributed by atoms with van der Waals surface area (Å²) in [6.45, 7) is 0. The molecule has 0 bridgehead atoms. The van der Waals surface area contributed by atoms with Crippen LogP contribution < -0.4 is 0 Å². The van der Waals surface area contributed by atoms with Gasteiger partial charge in [-0.05, 0) is 64.4 Å². The predicted molar refractivity (Wildman–Crippen MR) is 99.8 cm³/mol. The summed E-state index contributed by atoms with van der Waals surface area (Å²) in [7, 11) is 0. The number of fused-ring (bicyclic) bond motifs is 2. The zero-order chi connectivity index (χ0) is 19.0. The minimum absolute atomic E-state index is 0.246. The number of hydrogen-bond acceptors (Lipinski definition) is 2. The number of hydrogen-bond donors (Lipinski definition) is 1. The van der Waals surface area contributed by atoms with Crippen molar-refractivity contribution in [2.75, 3.05) is 0 Å². The number of aromatic nitrogens is 1. The molecule has 3 aromatic carbocycles. The minimum Gasteiger partial charge on any atom is -0.507 e. The molecule has 4 rings (SSSR count). The van der Waals surface area contributed by atoms with E-state index in [1.165, 1.54) is 12.3 Å². The van der Waals surface area contributed by atoms with Crippen LogP contribution in [0, 0.1) is 0 Å². The molecule has 0 unspecified atom stereocenters. The number of alkyl halides is 3. The number of benzene rings is 3. The fraction of sp³-hybridized carbons (Fsp3) is 0.136. The average molecular weight is 367 g/mol. The van der Waals surface area contributed by atoms with Crippen LogP contribution in [0.15, 0.2) is 66.9 Å². The van der Waals surface area contributed by atoms with Gasteiger partial charge in [-0.15, -0.1) is 0 Å². The topological polar surface area (TPSA) is 33.1 Å². The van der Waals surface area contributed by atoms with E-state index >= 15 is 0 Å². The summed E-state index contributed by atoms with van der Waals surface area (Å²) in [5.41, 5.74) is 0.972. The van der Waals surface area contributed by atoms with Crippen LogP contribution in [0.1, 0.15) is 16.8 Å². The summed E-state index contributed by atoms with van der Waals surface area (Å²) < 4.78 is 37.7. The van der Waals surface area contributed by atoms with Gasteiger partial charge in [0.2, 0.25) is 0 Å². The number of aryl methyl sites for hydroxylation is 2. The molecule has 1 N–H and O–H groups in total. The molecule has 1 heterocycles. The van der Waals surface area contributed by atoms with Gasteiger partial charge < -0.3 is 5.11 Å². The highest BCUT2D eigenvalue weighted by Gasteiger charge is 2.31. The van der Waals surface area contributed by atoms with Crippen LogP contribution in [0.4, 0.5) is 13.2 Å². The summed E-state index contributed by atoms with van der Waals surface area (Å²) in [6.07, 6.45) is -1.82. The molecule has 0 radical (unpaired) electrons. The predicted octanol–water partition coefficient (Wildman–Crippen LogP) is 5.90. The summed E-state index contributed by atoms with van der Waals surface area (Å²) in [6, 6.07) is 18.0. The van der Waals surface area contributed by atoms with Gasteiger partial charge in [-0.1, -0.05) is 36.4 Å². The van der Waals surface area contributed by atoms with Gasteiger partial charge >= 0.3 is 6.18 Å². The molecule has 5 heteroatoms. The fourth-order valence-electron chi connectivity index (χ4n) is 3.24. The summed E-state index contributed by atoms with van der Waals surface area (Å²) in [4.78, 5) is 3.50. The van der Waals surface area contributed by atoms with Gasteiger partial charge in [-0.3, -0.25) is 4.98 Å². The lowest BCUT2D eigenvalue weighted by Crippen LogP contribution is -2.07. The number of nitrogens with zero attached hydrogens (tertiary/aromatic N) is 1. The Morgan fingerprint density at radius 1 is 0.778 bits per heavy atom. The molecule has 0 spiro atoms. The van der Waals surface area contributed by atoms with Crippen molar-refractivity contribution < 1.29 is 18.3 Å². The second-order valence-corrected chi connectivity index (χ2v) is 6.58. The Hall–Kier alpha value is -3.08. The van der Waals surface area contributed by atoms with Gasteiger partial charge in [0.15, 0.2) is 0 Å². The number of phenolic OH excluding ortho intramolecular Hbond substituents is 1. The molecule has 0 amide bonds. The quantitative estimate of drug-likeness (QED) is 0.458. The smallest absolute Gasteiger partial charge is 0.433 e. The van der Waals surface area contributed by atoms with E-state index in [2.05, 4.69) is 11.1 Å². The monoisotopic (exact) mass is 367 g/mol. The summed E-state index contributed by atoms with van der Waals surface area (Å²) in [5, 5.41) is 13.9. The van der Waals surface area contributed by atoms with Gasteiger partial charge in [-0.2, -0.15) is 13.2 Å². The highest BCUT2D eigenvalue weighted by Crippen LogP contribution is 2.30. The fourth-order valence-corrected chi connectivity index (χ4v) is 3.24. The third-order valence-electron chi connectivity index (χ3n) is 4.70. The van der Waals surface area contributed by atoms with Crippen LogP contribution in [-0.4, -0.2) is 10.1 Å². The van der Waals surface area contributed by atoms with Gasteiger partial charge in [0.05, 0.1) is 0 Å².